The Labute approximate surface area is 306 Å². The van der Waals surface area contributed by atoms with Crippen molar-refractivity contribution >= 4 is 23.8 Å². The van der Waals surface area contributed by atoms with E-state index >= 15 is 0 Å². The lowest BCUT2D eigenvalue weighted by Crippen LogP contribution is -2.49. The van der Waals surface area contributed by atoms with Crippen molar-refractivity contribution in [1.29, 1.82) is 0 Å². The highest BCUT2D eigenvalue weighted by molar-refractivity contribution is 5.87. The summed E-state index contributed by atoms with van der Waals surface area (Å²) in [7, 11) is 0. The molecule has 0 saturated carbocycles. The van der Waals surface area contributed by atoms with Crippen molar-refractivity contribution in [2.45, 2.75) is 85.1 Å². The van der Waals surface area contributed by atoms with E-state index in [1.165, 1.54) is 11.1 Å². The Kier molecular flexibility index (Phi) is 22.3. The summed E-state index contributed by atoms with van der Waals surface area (Å²) in [5.74, 6) is -1.40. The second-order valence-corrected chi connectivity index (χ2v) is 14.1. The van der Waals surface area contributed by atoms with Gasteiger partial charge in [0.05, 0.1) is 13.1 Å². The van der Waals surface area contributed by atoms with Crippen LogP contribution in [0.4, 0.5) is 0 Å². The first-order chi connectivity index (χ1) is 24.5. The van der Waals surface area contributed by atoms with E-state index in [1.807, 2.05) is 9.80 Å². The molecule has 2 amide bonds. The summed E-state index contributed by atoms with van der Waals surface area (Å²) in [6.45, 7) is 16.2. The molecule has 1 aliphatic rings. The predicted molar refractivity (Wildman–Crippen MR) is 202 cm³/mol. The van der Waals surface area contributed by atoms with Crippen LogP contribution < -0.4 is 16.0 Å². The topological polar surface area (TPSA) is 158 Å². The molecular formula is C38H67N7O6. The van der Waals surface area contributed by atoms with Crippen LogP contribution in [0.2, 0.25) is 0 Å². The largest absolute Gasteiger partial charge is 0.480 e. The first-order valence-corrected chi connectivity index (χ1v) is 19.1. The molecule has 5 N–H and O–H groups in total. The number of carboxylic acids is 2. The van der Waals surface area contributed by atoms with Crippen LogP contribution in [0.3, 0.4) is 0 Å². The molecule has 1 saturated heterocycles. The average molecular weight is 718 g/mol. The van der Waals surface area contributed by atoms with Gasteiger partial charge in [-0.05, 0) is 70.0 Å². The number of nitrogens with one attached hydrogen (secondary N) is 3. The summed E-state index contributed by atoms with van der Waals surface area (Å²) in [5.41, 5.74) is 2.41. The van der Waals surface area contributed by atoms with Crippen LogP contribution in [0, 0.1) is 12.8 Å². The van der Waals surface area contributed by atoms with E-state index < -0.39 is 18.0 Å². The van der Waals surface area contributed by atoms with Crippen molar-refractivity contribution < 1.29 is 29.4 Å². The molecule has 1 aromatic rings. The Morgan fingerprint density at radius 3 is 1.84 bits per heavy atom. The van der Waals surface area contributed by atoms with Crippen LogP contribution in [-0.4, -0.2) is 151 Å². The molecule has 13 nitrogen and oxygen atoms in total. The van der Waals surface area contributed by atoms with Crippen LogP contribution in [-0.2, 0) is 25.6 Å². The van der Waals surface area contributed by atoms with Gasteiger partial charge in [-0.3, -0.25) is 33.9 Å². The van der Waals surface area contributed by atoms with Crippen molar-refractivity contribution in [3.63, 3.8) is 0 Å². The molecule has 0 aromatic heterocycles. The average Bonchev–Trinajstić information content (AvgIpc) is 3.09. The normalized spacial score (nSPS) is 17.2. The third-order valence-corrected chi connectivity index (χ3v) is 9.79. The van der Waals surface area contributed by atoms with Crippen LogP contribution in [0.25, 0.3) is 0 Å². The molecule has 1 unspecified atom stereocenters. The van der Waals surface area contributed by atoms with Crippen molar-refractivity contribution in [3.8, 4) is 0 Å². The minimum atomic E-state index is -0.902. The molecule has 13 heteroatoms. The fourth-order valence-corrected chi connectivity index (χ4v) is 6.15. The predicted octanol–water partition coefficient (Wildman–Crippen LogP) is 2.48. The van der Waals surface area contributed by atoms with Gasteiger partial charge in [-0.25, -0.2) is 0 Å². The number of hydrogen-bond acceptors (Lipinski definition) is 9. The van der Waals surface area contributed by atoms with Gasteiger partial charge in [-0.15, -0.1) is 0 Å². The van der Waals surface area contributed by atoms with Gasteiger partial charge in [0.2, 0.25) is 11.8 Å². The second kappa shape index (κ2) is 25.8. The zero-order chi connectivity index (χ0) is 37.4. The van der Waals surface area contributed by atoms with E-state index in [1.54, 1.807) is 0 Å². The van der Waals surface area contributed by atoms with Crippen LogP contribution in [0.1, 0.15) is 76.8 Å². The molecule has 0 aliphatic carbocycles. The molecule has 290 valence electrons. The zero-order valence-corrected chi connectivity index (χ0v) is 31.8. The number of nitrogens with zero attached hydrogens (tertiary/aromatic N) is 4. The number of aliphatic carboxylic acids is 2. The van der Waals surface area contributed by atoms with Crippen LogP contribution in [0.15, 0.2) is 24.3 Å². The van der Waals surface area contributed by atoms with E-state index in [-0.39, 0.29) is 24.9 Å². The maximum atomic E-state index is 13.2. The van der Waals surface area contributed by atoms with Crippen LogP contribution in [0.5, 0.6) is 0 Å². The lowest BCUT2D eigenvalue weighted by molar-refractivity contribution is -0.140. The number of carboxylic acid groups (broad SMARTS) is 2. The Morgan fingerprint density at radius 1 is 0.745 bits per heavy atom. The highest BCUT2D eigenvalue weighted by Crippen LogP contribution is 2.10. The number of aryl methyl sites for hydroxylation is 2. The molecule has 1 fully saturated rings. The monoisotopic (exact) mass is 718 g/mol. The molecule has 1 aromatic carbocycles. The second-order valence-electron chi connectivity index (χ2n) is 14.1. The summed E-state index contributed by atoms with van der Waals surface area (Å²) in [4.78, 5) is 57.5. The van der Waals surface area contributed by atoms with E-state index in [4.69, 9.17) is 0 Å². The number of likely N-dealkylation sites (N-methyl/N-ethyl adjacent to an activating group) is 1. The van der Waals surface area contributed by atoms with Gasteiger partial charge in [0, 0.05) is 72.0 Å². The Balaban J connectivity index is 1.92. The molecule has 2 rings (SSSR count). The maximum Gasteiger partial charge on any atom is 0.317 e. The lowest BCUT2D eigenvalue weighted by Gasteiger charge is -2.33. The third kappa shape index (κ3) is 20.5. The number of carbonyl (C=O) groups is 4. The standard InChI is InChI=1S/C38H67N7O6/c1-5-31(3)10-8-19-40-38(51)34(41-35(46)13-7-11-33-16-14-32(4)15-17-33)12-9-18-39-30-45-26-21-42(6-2)20-22-43(28-36(47)48)23-24-44(25-27-45)29-37(49)50/h14-17,31,34,39H,5-13,18-30H2,1-4H3,(H,40,51)(H,41,46)(H,47,48)(H,49,50)/t31?,34-/m1/s1. The van der Waals surface area contributed by atoms with Crippen molar-refractivity contribution in [2.24, 2.45) is 5.92 Å². The Bertz CT molecular complexity index is 1150. The number of rotatable bonds is 22. The number of amides is 2. The molecule has 1 aliphatic heterocycles. The van der Waals surface area contributed by atoms with E-state index in [2.05, 4.69) is 77.7 Å². The maximum absolute atomic E-state index is 13.2. The van der Waals surface area contributed by atoms with Gasteiger partial charge < -0.3 is 31.1 Å². The van der Waals surface area contributed by atoms with E-state index in [0.29, 0.717) is 77.7 Å². The molecule has 1 heterocycles. The SMILES string of the molecule is CCC(C)CCCNC(=O)[C@@H](CCCNCN1CCN(CC)CCN(CC(=O)O)CCN(CC(=O)O)CC1)NC(=O)CCCc1ccc(C)cc1. The third-order valence-electron chi connectivity index (χ3n) is 9.79. The highest BCUT2D eigenvalue weighted by atomic mass is 16.4. The summed E-state index contributed by atoms with van der Waals surface area (Å²) >= 11 is 0. The van der Waals surface area contributed by atoms with E-state index in [9.17, 15) is 29.4 Å². The Hall–Kier alpha value is -3.10. The summed E-state index contributed by atoms with van der Waals surface area (Å²) < 4.78 is 0. The first-order valence-electron chi connectivity index (χ1n) is 19.1. The molecule has 0 radical (unpaired) electrons. The molecule has 0 bridgehead atoms. The fourth-order valence-electron chi connectivity index (χ4n) is 6.15. The lowest BCUT2D eigenvalue weighted by atomic mass is 10.0. The summed E-state index contributed by atoms with van der Waals surface area (Å²) in [5, 5.41) is 28.4. The molecule has 2 atom stereocenters. The van der Waals surface area contributed by atoms with Gasteiger partial charge in [-0.2, -0.15) is 0 Å². The van der Waals surface area contributed by atoms with Crippen molar-refractivity contribution in [3.05, 3.63) is 35.4 Å². The number of hydrogen-bond donors (Lipinski definition) is 5. The fraction of sp³-hybridized carbons (Fsp3) is 0.737. The molecular weight excluding hydrogens is 650 g/mol. The van der Waals surface area contributed by atoms with Gasteiger partial charge in [0.1, 0.15) is 6.04 Å². The number of carbonyl (C=O) groups excluding carboxylic acids is 2. The molecule has 0 spiro atoms. The minimum absolute atomic E-state index is 0.0625. The Morgan fingerprint density at radius 2 is 1.29 bits per heavy atom. The summed E-state index contributed by atoms with van der Waals surface area (Å²) in [6.07, 6.45) is 6.21. The quantitative estimate of drug-likeness (QED) is 0.112. The first kappa shape index (κ1) is 44.1. The number of benzene rings is 1. The van der Waals surface area contributed by atoms with Crippen molar-refractivity contribution in [2.75, 3.05) is 91.8 Å². The highest BCUT2D eigenvalue weighted by Gasteiger charge is 2.21. The van der Waals surface area contributed by atoms with Crippen molar-refractivity contribution in [1.82, 2.24) is 35.6 Å². The minimum Gasteiger partial charge on any atom is -0.480 e. The van der Waals surface area contributed by atoms with Gasteiger partial charge in [0.15, 0.2) is 0 Å². The van der Waals surface area contributed by atoms with Gasteiger partial charge in [0.25, 0.3) is 0 Å². The van der Waals surface area contributed by atoms with E-state index in [0.717, 1.165) is 58.3 Å². The smallest absolute Gasteiger partial charge is 0.317 e. The molecule has 51 heavy (non-hydrogen) atoms. The summed E-state index contributed by atoms with van der Waals surface area (Å²) in [6, 6.07) is 7.76. The zero-order valence-electron chi connectivity index (χ0n) is 31.8. The van der Waals surface area contributed by atoms with Gasteiger partial charge in [-0.1, -0.05) is 57.0 Å². The van der Waals surface area contributed by atoms with Gasteiger partial charge >= 0.3 is 11.9 Å². The van der Waals surface area contributed by atoms with Crippen LogP contribution >= 0.6 is 0 Å².